The highest BCUT2D eigenvalue weighted by Crippen LogP contribution is 2.42. The summed E-state index contributed by atoms with van der Waals surface area (Å²) >= 11 is 0. The molecule has 3 aliphatic heterocycles. The number of aromatic nitrogens is 3. The summed E-state index contributed by atoms with van der Waals surface area (Å²) in [4.78, 5) is 34.2. The maximum atomic E-state index is 10.6. The highest BCUT2D eigenvalue weighted by atomic mass is 16.5. The van der Waals surface area contributed by atoms with Gasteiger partial charge < -0.3 is 29.9 Å². The number of hydrogen-bond acceptors (Lipinski definition) is 8. The van der Waals surface area contributed by atoms with E-state index in [4.69, 9.17) is 29.5 Å². The van der Waals surface area contributed by atoms with Crippen molar-refractivity contribution >= 4 is 29.8 Å². The van der Waals surface area contributed by atoms with E-state index in [-0.39, 0.29) is 24.5 Å². The first-order chi connectivity index (χ1) is 16.4. The Labute approximate surface area is 198 Å². The molecule has 2 aromatic rings. The van der Waals surface area contributed by atoms with Gasteiger partial charge in [0.15, 0.2) is 0 Å². The third-order valence-electron chi connectivity index (χ3n) is 6.99. The summed E-state index contributed by atoms with van der Waals surface area (Å²) in [5, 5.41) is 25.5. The van der Waals surface area contributed by atoms with Crippen LogP contribution in [0.25, 0.3) is 11.0 Å². The van der Waals surface area contributed by atoms with Crippen molar-refractivity contribution in [2.45, 2.75) is 51.2 Å². The summed E-state index contributed by atoms with van der Waals surface area (Å²) in [7, 11) is 0. The predicted octanol–water partition coefficient (Wildman–Crippen LogP) is 1.50. The van der Waals surface area contributed by atoms with Crippen molar-refractivity contribution in [3.05, 3.63) is 18.1 Å². The van der Waals surface area contributed by atoms with Crippen LogP contribution in [-0.2, 0) is 14.3 Å². The number of aliphatic hydroxyl groups is 1. The van der Waals surface area contributed by atoms with Crippen LogP contribution in [-0.4, -0.2) is 99.7 Å². The molecule has 5 rings (SSSR count). The van der Waals surface area contributed by atoms with Gasteiger partial charge in [0.05, 0.1) is 11.5 Å². The number of H-pyrrole nitrogens is 1. The lowest BCUT2D eigenvalue weighted by atomic mass is 9.71. The zero-order valence-corrected chi connectivity index (χ0v) is 19.6. The number of piperidine rings is 2. The number of nitrogens with one attached hydrogen (secondary N) is 1. The van der Waals surface area contributed by atoms with E-state index in [1.54, 1.807) is 0 Å². The van der Waals surface area contributed by atoms with Crippen LogP contribution in [0.2, 0.25) is 0 Å². The SMILES string of the molecule is Cc1nc(N2CCC3(CC2)CC(O)CN(C2CCOCC2)C3)c2cc[nH]c2n1.O=CO.O=CO. The maximum absolute atomic E-state index is 10.6. The standard InChI is InChI=1S/C21H31N5O2.2CH2O2/c1-15-23-19-18(2-7-22-19)20(24-15)25-8-5-21(6-9-25)12-17(27)13-26(14-21)16-3-10-28-11-4-16;2*2-1-3/h2,7,16-17,27H,3-6,8-14H2,1H3,(H,22,23,24);2*1H,(H,2,3). The molecule has 0 aromatic carbocycles. The molecule has 1 spiro atoms. The van der Waals surface area contributed by atoms with Crippen LogP contribution < -0.4 is 4.90 Å². The first-order valence-electron chi connectivity index (χ1n) is 11.7. The summed E-state index contributed by atoms with van der Waals surface area (Å²) < 4.78 is 5.55. The minimum absolute atomic E-state index is 0.208. The van der Waals surface area contributed by atoms with E-state index < -0.39 is 0 Å². The molecule has 2 aromatic heterocycles. The topological polar surface area (TPSA) is 152 Å². The second-order valence-electron chi connectivity index (χ2n) is 9.16. The molecule has 188 valence electrons. The van der Waals surface area contributed by atoms with Gasteiger partial charge >= 0.3 is 0 Å². The highest BCUT2D eigenvalue weighted by Gasteiger charge is 2.43. The van der Waals surface area contributed by atoms with Gasteiger partial charge in [-0.3, -0.25) is 14.5 Å². The zero-order valence-electron chi connectivity index (χ0n) is 19.6. The van der Waals surface area contributed by atoms with Crippen molar-refractivity contribution < 1.29 is 29.6 Å². The highest BCUT2D eigenvalue weighted by molar-refractivity contribution is 5.87. The summed E-state index contributed by atoms with van der Waals surface area (Å²) in [5.41, 5.74) is 1.15. The molecule has 3 fully saturated rings. The number of aromatic amines is 1. The van der Waals surface area contributed by atoms with E-state index in [0.717, 1.165) is 94.2 Å². The minimum atomic E-state index is -0.250. The predicted molar refractivity (Wildman–Crippen MR) is 126 cm³/mol. The molecule has 1 atom stereocenters. The number of hydrogen-bond donors (Lipinski definition) is 4. The lowest BCUT2D eigenvalue weighted by Gasteiger charge is -2.51. The Morgan fingerprint density at radius 3 is 2.44 bits per heavy atom. The van der Waals surface area contributed by atoms with Crippen LogP contribution >= 0.6 is 0 Å². The van der Waals surface area contributed by atoms with Crippen molar-refractivity contribution in [3.8, 4) is 0 Å². The average Bonchev–Trinajstić information content (AvgIpc) is 3.29. The molecule has 0 radical (unpaired) electrons. The molecule has 34 heavy (non-hydrogen) atoms. The van der Waals surface area contributed by atoms with Gasteiger partial charge in [-0.1, -0.05) is 0 Å². The van der Waals surface area contributed by atoms with Crippen molar-refractivity contribution in [2.24, 2.45) is 5.41 Å². The molecule has 0 aliphatic carbocycles. The zero-order chi connectivity index (χ0) is 24.6. The summed E-state index contributed by atoms with van der Waals surface area (Å²) in [6.07, 6.45) is 7.08. The first-order valence-corrected chi connectivity index (χ1v) is 11.7. The quantitative estimate of drug-likeness (QED) is 0.468. The first kappa shape index (κ1) is 25.9. The van der Waals surface area contributed by atoms with E-state index in [9.17, 15) is 5.11 Å². The lowest BCUT2D eigenvalue weighted by Crippen LogP contribution is -2.57. The lowest BCUT2D eigenvalue weighted by molar-refractivity contribution is -0.123. The number of carboxylic acid groups (broad SMARTS) is 2. The number of aryl methyl sites for hydroxylation is 1. The van der Waals surface area contributed by atoms with Crippen LogP contribution in [0, 0.1) is 12.3 Å². The Bertz CT molecular complexity index is 918. The van der Waals surface area contributed by atoms with E-state index >= 15 is 0 Å². The molecule has 0 bridgehead atoms. The van der Waals surface area contributed by atoms with Gasteiger partial charge in [-0.2, -0.15) is 0 Å². The molecule has 11 nitrogen and oxygen atoms in total. The van der Waals surface area contributed by atoms with E-state index in [1.807, 2.05) is 13.1 Å². The fourth-order valence-electron chi connectivity index (χ4n) is 5.55. The van der Waals surface area contributed by atoms with Gasteiger partial charge in [0.1, 0.15) is 17.3 Å². The van der Waals surface area contributed by atoms with Crippen molar-refractivity contribution in [2.75, 3.05) is 44.3 Å². The molecular formula is C23H35N5O6. The van der Waals surface area contributed by atoms with Gasteiger partial charge in [0.25, 0.3) is 12.9 Å². The second kappa shape index (κ2) is 12.1. The van der Waals surface area contributed by atoms with Crippen molar-refractivity contribution in [3.63, 3.8) is 0 Å². The van der Waals surface area contributed by atoms with E-state index in [2.05, 4.69) is 25.8 Å². The number of β-amino-alcohol motifs (C(OH)–C–C–N with tert-alkyl or cyclic N) is 1. The third-order valence-corrected chi connectivity index (χ3v) is 6.99. The van der Waals surface area contributed by atoms with Crippen LogP contribution in [0.15, 0.2) is 12.3 Å². The van der Waals surface area contributed by atoms with E-state index in [1.165, 1.54) is 0 Å². The second-order valence-corrected chi connectivity index (χ2v) is 9.16. The van der Waals surface area contributed by atoms with E-state index in [0.29, 0.717) is 6.04 Å². The largest absolute Gasteiger partial charge is 0.483 e. The molecule has 5 heterocycles. The molecule has 3 saturated heterocycles. The van der Waals surface area contributed by atoms with Gasteiger partial charge in [-0.15, -0.1) is 0 Å². The number of likely N-dealkylation sites (tertiary alicyclic amines) is 1. The molecular weight excluding hydrogens is 442 g/mol. The Hall–Kier alpha value is -2.76. The number of fused-ring (bicyclic) bond motifs is 1. The fourth-order valence-corrected chi connectivity index (χ4v) is 5.55. The summed E-state index contributed by atoms with van der Waals surface area (Å²) in [6, 6.07) is 2.65. The molecule has 1 unspecified atom stereocenters. The number of ether oxygens (including phenoxy) is 1. The summed E-state index contributed by atoms with van der Waals surface area (Å²) in [6.45, 7) is 7.10. The molecule has 0 saturated carbocycles. The van der Waals surface area contributed by atoms with Crippen molar-refractivity contribution in [1.29, 1.82) is 0 Å². The number of rotatable bonds is 2. The third kappa shape index (κ3) is 6.22. The van der Waals surface area contributed by atoms with Crippen molar-refractivity contribution in [1.82, 2.24) is 19.9 Å². The minimum Gasteiger partial charge on any atom is -0.483 e. The maximum Gasteiger partial charge on any atom is 0.290 e. The molecule has 11 heteroatoms. The fraction of sp³-hybridized carbons (Fsp3) is 0.652. The normalized spacial score (nSPS) is 22.9. The van der Waals surface area contributed by atoms with Crippen LogP contribution in [0.5, 0.6) is 0 Å². The van der Waals surface area contributed by atoms with Gasteiger partial charge in [-0.05, 0) is 50.5 Å². The monoisotopic (exact) mass is 477 g/mol. The van der Waals surface area contributed by atoms with Crippen LogP contribution in [0.1, 0.15) is 37.9 Å². The number of aliphatic hydroxyl groups excluding tert-OH is 1. The number of carbonyl (C=O) groups is 2. The number of nitrogens with zero attached hydrogens (tertiary/aromatic N) is 4. The average molecular weight is 478 g/mol. The van der Waals surface area contributed by atoms with Gasteiger partial charge in [0.2, 0.25) is 0 Å². The Balaban J connectivity index is 0.000000492. The Kier molecular flexibility index (Phi) is 9.20. The van der Waals surface area contributed by atoms with Crippen LogP contribution in [0.3, 0.4) is 0 Å². The van der Waals surface area contributed by atoms with Gasteiger partial charge in [-0.25, -0.2) is 9.97 Å². The Morgan fingerprint density at radius 2 is 1.79 bits per heavy atom. The van der Waals surface area contributed by atoms with Gasteiger partial charge in [0, 0.05) is 51.6 Å². The molecule has 0 amide bonds. The smallest absolute Gasteiger partial charge is 0.290 e. The van der Waals surface area contributed by atoms with Crippen LogP contribution in [0.4, 0.5) is 5.82 Å². The Morgan fingerprint density at radius 1 is 1.15 bits per heavy atom. The summed E-state index contributed by atoms with van der Waals surface area (Å²) in [5.74, 6) is 1.86. The molecule has 4 N–H and O–H groups in total. The molecule has 3 aliphatic rings. The number of anilines is 1.